The zero-order chi connectivity index (χ0) is 25.3. The predicted octanol–water partition coefficient (Wildman–Crippen LogP) is 6.38. The molecule has 1 N–H and O–H groups in total. The molecule has 0 spiro atoms. The number of nitro benzene ring substituents is 2. The SMILES string of the molecule is [CH3-].[Cl][Ru+3].[NH-]C(c1ccccc1)C([N-]S(=O)(=O)Cc1cc([N+](=O)[O-])cc([N+](=O)[O-])c1)c1ccccc1. The molecule has 0 heterocycles. The third-order valence-corrected chi connectivity index (χ3v) is 5.87. The fourth-order valence-electron chi connectivity index (χ4n) is 3.18. The summed E-state index contributed by atoms with van der Waals surface area (Å²) < 4.78 is 29.7. The van der Waals surface area contributed by atoms with Gasteiger partial charge in [0.1, 0.15) is 0 Å². The Kier molecular flexibility index (Phi) is 12.1. The second-order valence-corrected chi connectivity index (χ2v) is 8.61. The number of nitrogens with one attached hydrogen (secondary N) is 1. The first-order valence-corrected chi connectivity index (χ1v) is 13.3. The molecule has 0 aliphatic rings. The molecule has 0 aliphatic heterocycles. The van der Waals surface area contributed by atoms with Crippen LogP contribution in [-0.2, 0) is 33.1 Å². The Labute approximate surface area is 217 Å². The Morgan fingerprint density at radius 3 is 1.71 bits per heavy atom. The van der Waals surface area contributed by atoms with Crippen molar-refractivity contribution in [2.75, 3.05) is 0 Å². The Morgan fingerprint density at radius 1 is 0.857 bits per heavy atom. The molecule has 2 unspecified atom stereocenters. The van der Waals surface area contributed by atoms with Gasteiger partial charge in [-0.3, -0.25) is 20.2 Å². The third kappa shape index (κ3) is 8.75. The molecule has 0 radical (unpaired) electrons. The van der Waals surface area contributed by atoms with E-state index in [1.165, 1.54) is 0 Å². The largest absolute Gasteiger partial charge is 0.672 e. The van der Waals surface area contributed by atoms with Gasteiger partial charge in [0.25, 0.3) is 11.4 Å². The van der Waals surface area contributed by atoms with Gasteiger partial charge in [-0.25, -0.2) is 8.42 Å². The fourth-order valence-corrected chi connectivity index (χ4v) is 4.43. The minimum Gasteiger partial charge on any atom is -0.672 e. The Hall–Kier alpha value is -2.76. The van der Waals surface area contributed by atoms with Crippen LogP contribution in [0.25, 0.3) is 10.5 Å². The van der Waals surface area contributed by atoms with E-state index in [0.29, 0.717) is 11.1 Å². The molecule has 186 valence electrons. The van der Waals surface area contributed by atoms with Crippen LogP contribution < -0.4 is 0 Å². The Balaban J connectivity index is 0.00000199. The minimum absolute atomic E-state index is 0. The van der Waals surface area contributed by atoms with Gasteiger partial charge in [0, 0.05) is 12.1 Å². The van der Waals surface area contributed by atoms with Crippen LogP contribution in [0.4, 0.5) is 11.4 Å². The van der Waals surface area contributed by atoms with Gasteiger partial charge < -0.3 is 17.9 Å². The van der Waals surface area contributed by atoms with Crippen molar-refractivity contribution < 1.29 is 35.6 Å². The number of hydrogen-bond acceptors (Lipinski definition) is 6. The van der Waals surface area contributed by atoms with Gasteiger partial charge in [-0.15, -0.1) is 12.1 Å². The molecular weight excluding hydrogens is 585 g/mol. The van der Waals surface area contributed by atoms with E-state index in [1.807, 2.05) is 17.3 Å². The predicted molar refractivity (Wildman–Crippen MR) is 131 cm³/mol. The monoisotopic (exact) mass is 606 g/mol. The number of halogens is 1. The Morgan fingerprint density at radius 2 is 1.29 bits per heavy atom. The van der Waals surface area contributed by atoms with Crippen LogP contribution in [0.3, 0.4) is 0 Å². The van der Waals surface area contributed by atoms with Gasteiger partial charge in [0.15, 0.2) is 0 Å². The molecule has 10 nitrogen and oxygen atoms in total. The van der Waals surface area contributed by atoms with Crippen LogP contribution in [0.2, 0.25) is 0 Å². The Bertz CT molecular complexity index is 1200. The summed E-state index contributed by atoms with van der Waals surface area (Å²) in [6.45, 7) is 0. The van der Waals surface area contributed by atoms with Crippen molar-refractivity contribution >= 4 is 31.1 Å². The molecule has 35 heavy (non-hydrogen) atoms. The average molecular weight is 606 g/mol. The van der Waals surface area contributed by atoms with Crippen molar-refractivity contribution in [3.05, 3.63) is 134 Å². The van der Waals surface area contributed by atoms with E-state index in [1.54, 1.807) is 60.7 Å². The van der Waals surface area contributed by atoms with E-state index in [9.17, 15) is 28.6 Å². The van der Waals surface area contributed by atoms with Crippen LogP contribution >= 0.6 is 9.69 Å². The standard InChI is InChI=1S/C21H18N4O6S.CH3.ClH.Ru/c22-20(16-7-3-1-4-8-16)21(17-9-5-2-6-10-17)23-32(30,31)14-15-11-18(24(26)27)13-19(12-15)25(28)29;;;/h1-13,20-22H,14H2;1H3;1H;/q-2;-1;;+4/p-1. The third-order valence-electron chi connectivity index (χ3n) is 4.62. The second kappa shape index (κ2) is 14.0. The molecular formula is C22H21ClN4O6RuS. The van der Waals surface area contributed by atoms with E-state index in [-0.39, 0.29) is 13.0 Å². The molecule has 2 atom stereocenters. The van der Waals surface area contributed by atoms with Crippen molar-refractivity contribution in [3.63, 3.8) is 0 Å². The molecule has 0 saturated carbocycles. The maximum Gasteiger partial charge on any atom is 0.276 e. The van der Waals surface area contributed by atoms with Crippen molar-refractivity contribution in [3.8, 4) is 0 Å². The van der Waals surface area contributed by atoms with E-state index in [4.69, 9.17) is 5.73 Å². The number of rotatable bonds is 9. The van der Waals surface area contributed by atoms with E-state index >= 15 is 0 Å². The minimum atomic E-state index is -4.26. The zero-order valence-corrected chi connectivity index (χ0v) is 21.6. The second-order valence-electron chi connectivity index (χ2n) is 6.95. The molecule has 0 amide bonds. The van der Waals surface area contributed by atoms with Gasteiger partial charge in [0.2, 0.25) is 0 Å². The van der Waals surface area contributed by atoms with Crippen LogP contribution in [0, 0.1) is 27.7 Å². The maximum atomic E-state index is 12.9. The number of hydrogen-bond donors (Lipinski definition) is 0. The molecule has 0 bridgehead atoms. The number of nitrogens with zero attached hydrogens (tertiary/aromatic N) is 3. The first-order chi connectivity index (χ1) is 16.2. The average Bonchev–Trinajstić information content (AvgIpc) is 2.84. The zero-order valence-electron chi connectivity index (χ0n) is 18.3. The van der Waals surface area contributed by atoms with Crippen molar-refractivity contribution in [2.45, 2.75) is 17.8 Å². The molecule has 3 aromatic rings. The molecule has 3 rings (SSSR count). The smallest absolute Gasteiger partial charge is 0.276 e. The van der Waals surface area contributed by atoms with Crippen molar-refractivity contribution in [1.29, 1.82) is 0 Å². The molecule has 0 aromatic heterocycles. The molecule has 3 aromatic carbocycles. The van der Waals surface area contributed by atoms with E-state index in [0.717, 1.165) is 18.2 Å². The summed E-state index contributed by atoms with van der Waals surface area (Å²) in [5, 5.41) is 22.2. The first kappa shape index (κ1) is 30.3. The van der Waals surface area contributed by atoms with Crippen molar-refractivity contribution in [2.24, 2.45) is 0 Å². The van der Waals surface area contributed by atoms with Gasteiger partial charge in [-0.2, -0.15) is 0 Å². The van der Waals surface area contributed by atoms with Crippen LogP contribution in [0.15, 0.2) is 78.9 Å². The quantitative estimate of drug-likeness (QED) is 0.119. The molecule has 0 fully saturated rings. The molecule has 0 aliphatic carbocycles. The normalized spacial score (nSPS) is 12.3. The summed E-state index contributed by atoms with van der Waals surface area (Å²) in [5.41, 5.74) is 8.36. The first-order valence-electron chi connectivity index (χ1n) is 9.48. The summed E-state index contributed by atoms with van der Waals surface area (Å²) in [4.78, 5) is 20.5. The topological polar surface area (TPSA) is 158 Å². The van der Waals surface area contributed by atoms with Crippen LogP contribution in [-0.4, -0.2) is 18.3 Å². The van der Waals surface area contributed by atoms with E-state index < -0.39 is 49.1 Å². The summed E-state index contributed by atoms with van der Waals surface area (Å²) >= 11 is 1.82. The van der Waals surface area contributed by atoms with Crippen LogP contribution in [0.1, 0.15) is 28.8 Å². The summed E-state index contributed by atoms with van der Waals surface area (Å²) in [5.74, 6) is -0.777. The summed E-state index contributed by atoms with van der Waals surface area (Å²) in [6.07, 6.45) is 0. The number of nitro groups is 2. The number of sulfonamides is 1. The van der Waals surface area contributed by atoms with Gasteiger partial charge in [-0.1, -0.05) is 71.8 Å². The maximum absolute atomic E-state index is 12.9. The summed E-state index contributed by atoms with van der Waals surface area (Å²) in [7, 11) is 0.309. The van der Waals surface area contributed by atoms with Gasteiger partial charge in [-0.05, 0) is 5.56 Å². The number of non-ortho nitro benzene ring substituents is 2. The fraction of sp³-hybridized carbons (Fsp3) is 0.136. The van der Waals surface area contributed by atoms with Crippen LogP contribution in [0.5, 0.6) is 0 Å². The molecule has 13 heteroatoms. The van der Waals surface area contributed by atoms with E-state index in [2.05, 4.69) is 14.4 Å². The summed E-state index contributed by atoms with van der Waals surface area (Å²) in [6, 6.07) is 17.7. The van der Waals surface area contributed by atoms with Crippen molar-refractivity contribution in [1.82, 2.24) is 0 Å². The van der Waals surface area contributed by atoms with Gasteiger partial charge >= 0.3 is 27.0 Å². The molecule has 0 saturated heterocycles. The number of benzene rings is 3. The van der Waals surface area contributed by atoms with Gasteiger partial charge in [0.05, 0.1) is 31.7 Å².